The van der Waals surface area contributed by atoms with Gasteiger partial charge in [0, 0.05) is 28.7 Å². The highest BCUT2D eigenvalue weighted by Gasteiger charge is 2.18. The van der Waals surface area contributed by atoms with E-state index in [4.69, 9.17) is 16.3 Å². The first kappa shape index (κ1) is 16.8. The lowest BCUT2D eigenvalue weighted by molar-refractivity contribution is 0.0779. The van der Waals surface area contributed by atoms with Crippen LogP contribution in [0.1, 0.15) is 15.9 Å². The smallest absolute Gasteiger partial charge is 0.256 e. The van der Waals surface area contributed by atoms with Crippen LogP contribution in [-0.2, 0) is 6.54 Å². The van der Waals surface area contributed by atoms with Crippen LogP contribution >= 0.6 is 27.5 Å². The Bertz CT molecular complexity index is 709. The summed E-state index contributed by atoms with van der Waals surface area (Å²) in [6, 6.07) is 9.51. The maximum absolute atomic E-state index is 13.9. The third kappa shape index (κ3) is 3.78. The van der Waals surface area contributed by atoms with E-state index >= 15 is 0 Å². The molecule has 0 heterocycles. The molecule has 2 rings (SSSR count). The molecule has 2 aromatic rings. The van der Waals surface area contributed by atoms with E-state index in [2.05, 4.69) is 15.9 Å². The average molecular weight is 387 g/mol. The molecule has 0 aliphatic heterocycles. The molecule has 0 bridgehead atoms. The Morgan fingerprint density at radius 1 is 1.32 bits per heavy atom. The second kappa shape index (κ2) is 7.11. The van der Waals surface area contributed by atoms with Crippen LogP contribution < -0.4 is 4.74 Å². The molecule has 6 heteroatoms. The zero-order chi connectivity index (χ0) is 16.3. The van der Waals surface area contributed by atoms with Crippen LogP contribution in [0.25, 0.3) is 0 Å². The van der Waals surface area contributed by atoms with Gasteiger partial charge in [-0.05, 0) is 36.4 Å². The van der Waals surface area contributed by atoms with Gasteiger partial charge in [-0.25, -0.2) is 4.39 Å². The summed E-state index contributed by atoms with van der Waals surface area (Å²) in [5.74, 6) is -0.350. The van der Waals surface area contributed by atoms with E-state index < -0.39 is 11.7 Å². The molecular formula is C16H14BrClFNO2. The molecule has 22 heavy (non-hydrogen) atoms. The van der Waals surface area contributed by atoms with E-state index in [9.17, 15) is 9.18 Å². The molecule has 0 radical (unpaired) electrons. The van der Waals surface area contributed by atoms with Gasteiger partial charge in [-0.3, -0.25) is 4.79 Å². The van der Waals surface area contributed by atoms with E-state index in [1.807, 2.05) is 0 Å². The molecular weight excluding hydrogens is 373 g/mol. The topological polar surface area (TPSA) is 29.5 Å². The van der Waals surface area contributed by atoms with Crippen molar-refractivity contribution in [1.29, 1.82) is 0 Å². The third-order valence-corrected chi connectivity index (χ3v) is 3.89. The highest BCUT2D eigenvalue weighted by Crippen LogP contribution is 2.24. The fourth-order valence-electron chi connectivity index (χ4n) is 2.07. The zero-order valence-electron chi connectivity index (χ0n) is 12.1. The lowest BCUT2D eigenvalue weighted by Gasteiger charge is -2.19. The van der Waals surface area contributed by atoms with Crippen molar-refractivity contribution in [3.63, 3.8) is 0 Å². The molecule has 0 saturated carbocycles. The van der Waals surface area contributed by atoms with Crippen molar-refractivity contribution in [3.8, 4) is 5.75 Å². The lowest BCUT2D eigenvalue weighted by Crippen LogP contribution is -2.27. The second-order valence-electron chi connectivity index (χ2n) is 4.74. The molecule has 0 N–H and O–H groups in total. The molecule has 0 atom stereocenters. The van der Waals surface area contributed by atoms with Crippen LogP contribution in [0.2, 0.25) is 5.02 Å². The summed E-state index contributed by atoms with van der Waals surface area (Å²) in [7, 11) is 3.15. The molecule has 3 nitrogen and oxygen atoms in total. The van der Waals surface area contributed by atoms with Crippen molar-refractivity contribution < 1.29 is 13.9 Å². The molecule has 0 spiro atoms. The Morgan fingerprint density at radius 2 is 2.05 bits per heavy atom. The molecule has 1 amide bonds. The Morgan fingerprint density at radius 3 is 2.68 bits per heavy atom. The first-order chi connectivity index (χ1) is 10.4. The number of methoxy groups -OCH3 is 1. The number of halogens is 3. The highest BCUT2D eigenvalue weighted by molar-refractivity contribution is 9.10. The number of benzene rings is 2. The summed E-state index contributed by atoms with van der Waals surface area (Å²) in [6.45, 7) is 0.262. The van der Waals surface area contributed by atoms with E-state index in [1.54, 1.807) is 38.4 Å². The van der Waals surface area contributed by atoms with Gasteiger partial charge in [0.05, 0.1) is 12.7 Å². The molecule has 0 aliphatic carbocycles. The fraction of sp³-hybridized carbons (Fsp3) is 0.188. The van der Waals surface area contributed by atoms with Crippen molar-refractivity contribution in [3.05, 3.63) is 62.8 Å². The third-order valence-electron chi connectivity index (χ3n) is 3.16. The molecule has 0 unspecified atom stereocenters. The van der Waals surface area contributed by atoms with Crippen molar-refractivity contribution in [1.82, 2.24) is 4.90 Å². The molecule has 2 aromatic carbocycles. The largest absolute Gasteiger partial charge is 0.496 e. The number of carbonyl (C=O) groups is 1. The Labute approximate surface area is 141 Å². The maximum atomic E-state index is 13.9. The van der Waals surface area contributed by atoms with Crippen molar-refractivity contribution >= 4 is 33.4 Å². The molecule has 0 fully saturated rings. The molecule has 0 aromatic heterocycles. The number of nitrogens with zero attached hydrogens (tertiary/aromatic N) is 1. The first-order valence-electron chi connectivity index (χ1n) is 6.45. The Balaban J connectivity index is 2.23. The van der Waals surface area contributed by atoms with E-state index in [0.717, 1.165) is 5.56 Å². The van der Waals surface area contributed by atoms with Crippen LogP contribution in [0.3, 0.4) is 0 Å². The number of carbonyl (C=O) groups excluding carboxylic acids is 1. The van der Waals surface area contributed by atoms with E-state index in [-0.39, 0.29) is 12.1 Å². The van der Waals surface area contributed by atoms with E-state index in [0.29, 0.717) is 15.2 Å². The van der Waals surface area contributed by atoms with Gasteiger partial charge in [0.15, 0.2) is 0 Å². The standard InChI is InChI=1S/C16H14BrClFNO2/c1-20(9-10-7-12(18)4-6-15(10)22-2)16(21)13-5-3-11(17)8-14(13)19/h3-8H,9H2,1-2H3. The minimum absolute atomic E-state index is 0.0201. The van der Waals surface area contributed by atoms with Crippen LogP contribution in [-0.4, -0.2) is 25.0 Å². The Hall–Kier alpha value is -1.59. The predicted octanol–water partition coefficient (Wildman–Crippen LogP) is 4.52. The predicted molar refractivity (Wildman–Crippen MR) is 87.9 cm³/mol. The summed E-state index contributed by atoms with van der Waals surface area (Å²) in [6.07, 6.45) is 0. The molecule has 0 saturated heterocycles. The van der Waals surface area contributed by atoms with Crippen LogP contribution in [0, 0.1) is 5.82 Å². The van der Waals surface area contributed by atoms with Crippen LogP contribution in [0.4, 0.5) is 4.39 Å². The summed E-state index contributed by atoms with van der Waals surface area (Å²) < 4.78 is 19.7. The van der Waals surface area contributed by atoms with Gasteiger partial charge in [-0.2, -0.15) is 0 Å². The van der Waals surface area contributed by atoms with Gasteiger partial charge >= 0.3 is 0 Å². The quantitative estimate of drug-likeness (QED) is 0.773. The SMILES string of the molecule is COc1ccc(Cl)cc1CN(C)C(=O)c1ccc(Br)cc1F. The monoisotopic (exact) mass is 385 g/mol. The van der Waals surface area contributed by atoms with Crippen molar-refractivity contribution in [2.24, 2.45) is 0 Å². The normalized spacial score (nSPS) is 10.4. The van der Waals surface area contributed by atoms with Crippen LogP contribution in [0.15, 0.2) is 40.9 Å². The van der Waals surface area contributed by atoms with Gasteiger partial charge in [0.2, 0.25) is 0 Å². The number of amides is 1. The van der Waals surface area contributed by atoms with Crippen molar-refractivity contribution in [2.45, 2.75) is 6.54 Å². The lowest BCUT2D eigenvalue weighted by atomic mass is 10.1. The average Bonchev–Trinajstić information content (AvgIpc) is 2.47. The zero-order valence-corrected chi connectivity index (χ0v) is 14.4. The Kier molecular flexibility index (Phi) is 5.42. The van der Waals surface area contributed by atoms with Gasteiger partial charge in [0.25, 0.3) is 5.91 Å². The molecule has 116 valence electrons. The van der Waals surface area contributed by atoms with Gasteiger partial charge < -0.3 is 9.64 Å². The van der Waals surface area contributed by atoms with Crippen LogP contribution in [0.5, 0.6) is 5.75 Å². The summed E-state index contributed by atoms with van der Waals surface area (Å²) in [5.41, 5.74) is 0.773. The van der Waals surface area contributed by atoms with E-state index in [1.165, 1.54) is 17.0 Å². The number of hydrogen-bond acceptors (Lipinski definition) is 2. The minimum Gasteiger partial charge on any atom is -0.496 e. The number of rotatable bonds is 4. The summed E-state index contributed by atoms with van der Waals surface area (Å²) >= 11 is 9.14. The second-order valence-corrected chi connectivity index (χ2v) is 6.09. The fourth-order valence-corrected chi connectivity index (χ4v) is 2.59. The highest BCUT2D eigenvalue weighted by atomic mass is 79.9. The summed E-state index contributed by atoms with van der Waals surface area (Å²) in [5, 5.41) is 0.548. The molecule has 0 aliphatic rings. The minimum atomic E-state index is -0.565. The van der Waals surface area contributed by atoms with Gasteiger partial charge in [-0.15, -0.1) is 0 Å². The first-order valence-corrected chi connectivity index (χ1v) is 7.62. The number of ether oxygens (including phenoxy) is 1. The number of hydrogen-bond donors (Lipinski definition) is 0. The maximum Gasteiger partial charge on any atom is 0.256 e. The van der Waals surface area contributed by atoms with Gasteiger partial charge in [-0.1, -0.05) is 27.5 Å². The van der Waals surface area contributed by atoms with Gasteiger partial charge in [0.1, 0.15) is 11.6 Å². The summed E-state index contributed by atoms with van der Waals surface area (Å²) in [4.78, 5) is 13.8. The van der Waals surface area contributed by atoms with Crippen molar-refractivity contribution in [2.75, 3.05) is 14.2 Å².